The summed E-state index contributed by atoms with van der Waals surface area (Å²) in [6.07, 6.45) is 4.70. The van der Waals surface area contributed by atoms with E-state index in [4.69, 9.17) is 21.7 Å². The van der Waals surface area contributed by atoms with Crippen LogP contribution in [0.5, 0.6) is 11.5 Å². The maximum absolute atomic E-state index is 12.1. The molecule has 1 aromatic carbocycles. The number of nitrogens with one attached hydrogen (secondary N) is 3. The lowest BCUT2D eigenvalue weighted by molar-refractivity contribution is 0.0942. The first-order valence-corrected chi connectivity index (χ1v) is 7.90. The number of hydrogen-bond donors (Lipinski definition) is 3. The van der Waals surface area contributed by atoms with Crippen LogP contribution in [-0.2, 0) is 0 Å². The summed E-state index contributed by atoms with van der Waals surface area (Å²) in [5.41, 5.74) is 5.81. The predicted octanol–water partition coefficient (Wildman–Crippen LogP) is 1.51. The van der Waals surface area contributed by atoms with Crippen LogP contribution in [0.4, 0.5) is 0 Å². The van der Waals surface area contributed by atoms with Gasteiger partial charge in [-0.15, -0.1) is 0 Å². The second kappa shape index (κ2) is 6.83. The van der Waals surface area contributed by atoms with Crippen molar-refractivity contribution in [2.75, 3.05) is 13.2 Å². The van der Waals surface area contributed by atoms with E-state index in [1.54, 1.807) is 18.2 Å². The normalized spacial score (nSPS) is 16.9. The number of thiocarbonyl (C=S) groups is 1. The summed E-state index contributed by atoms with van der Waals surface area (Å²) in [5.74, 6) is 0.979. The van der Waals surface area contributed by atoms with E-state index in [0.29, 0.717) is 41.4 Å². The summed E-state index contributed by atoms with van der Waals surface area (Å²) in [4.78, 5) is 12.1. The molecule has 1 amide bonds. The third-order valence-electron chi connectivity index (χ3n) is 3.78. The van der Waals surface area contributed by atoms with Gasteiger partial charge in [0.05, 0.1) is 0 Å². The Balaban J connectivity index is 1.52. The molecule has 1 aliphatic heterocycles. The van der Waals surface area contributed by atoms with Crippen molar-refractivity contribution in [3.05, 3.63) is 23.8 Å². The second-order valence-corrected chi connectivity index (χ2v) is 5.80. The summed E-state index contributed by atoms with van der Waals surface area (Å²) in [6, 6.07) is 5.50. The minimum atomic E-state index is -0.271. The number of carbonyl (C=O) groups is 1. The largest absolute Gasteiger partial charge is 0.486 e. The monoisotopic (exact) mass is 321 g/mol. The highest BCUT2D eigenvalue weighted by Gasteiger charge is 2.17. The standard InChI is InChI=1S/C15H19N3O3S/c19-14(17-18-15(22)16-11-3-1-2-4-11)10-5-6-12-13(9-10)21-8-7-20-12/h5-6,9,11H,1-4,7-8H2,(H,17,19)(H2,16,18,22). The van der Waals surface area contributed by atoms with Crippen molar-refractivity contribution in [1.82, 2.24) is 16.2 Å². The van der Waals surface area contributed by atoms with Gasteiger partial charge in [-0.05, 0) is 43.3 Å². The Kier molecular flexibility index (Phi) is 4.62. The molecule has 7 heteroatoms. The number of ether oxygens (including phenoxy) is 2. The number of carbonyl (C=O) groups excluding carboxylic acids is 1. The molecule has 1 heterocycles. The lowest BCUT2D eigenvalue weighted by atomic mass is 10.2. The third-order valence-corrected chi connectivity index (χ3v) is 4.00. The smallest absolute Gasteiger partial charge is 0.269 e. The molecule has 0 atom stereocenters. The minimum Gasteiger partial charge on any atom is -0.486 e. The lowest BCUT2D eigenvalue weighted by Gasteiger charge is -2.19. The van der Waals surface area contributed by atoms with E-state index in [2.05, 4.69) is 16.2 Å². The molecular formula is C15H19N3O3S. The Hall–Kier alpha value is -2.02. The average molecular weight is 321 g/mol. The van der Waals surface area contributed by atoms with Crippen LogP contribution in [0.15, 0.2) is 18.2 Å². The topological polar surface area (TPSA) is 71.6 Å². The van der Waals surface area contributed by atoms with Crippen molar-refractivity contribution >= 4 is 23.2 Å². The number of benzene rings is 1. The van der Waals surface area contributed by atoms with Gasteiger partial charge in [0.2, 0.25) is 0 Å². The van der Waals surface area contributed by atoms with Crippen LogP contribution >= 0.6 is 12.2 Å². The first-order valence-electron chi connectivity index (χ1n) is 7.49. The Bertz CT molecular complexity index is 573. The van der Waals surface area contributed by atoms with Gasteiger partial charge in [-0.3, -0.25) is 15.6 Å². The van der Waals surface area contributed by atoms with Crippen molar-refractivity contribution in [3.63, 3.8) is 0 Å². The van der Waals surface area contributed by atoms with E-state index >= 15 is 0 Å². The molecule has 1 fully saturated rings. The summed E-state index contributed by atoms with van der Waals surface area (Å²) in [6.45, 7) is 1.02. The Morgan fingerprint density at radius 1 is 1.09 bits per heavy atom. The maximum atomic E-state index is 12.1. The molecule has 22 heavy (non-hydrogen) atoms. The Labute approximate surface area is 134 Å². The molecule has 0 aromatic heterocycles. The molecule has 0 spiro atoms. The molecule has 0 saturated heterocycles. The van der Waals surface area contributed by atoms with Gasteiger partial charge < -0.3 is 14.8 Å². The number of hydrazine groups is 1. The molecule has 0 unspecified atom stereocenters. The third kappa shape index (κ3) is 3.59. The van der Waals surface area contributed by atoms with Gasteiger partial charge in [0.1, 0.15) is 13.2 Å². The van der Waals surface area contributed by atoms with Gasteiger partial charge in [-0.25, -0.2) is 0 Å². The van der Waals surface area contributed by atoms with E-state index in [9.17, 15) is 4.79 Å². The van der Waals surface area contributed by atoms with Crippen LogP contribution in [0.1, 0.15) is 36.0 Å². The summed E-state index contributed by atoms with van der Waals surface area (Å²) in [5, 5.41) is 3.64. The molecule has 1 aromatic rings. The molecule has 118 valence electrons. The average Bonchev–Trinajstić information content (AvgIpc) is 3.05. The maximum Gasteiger partial charge on any atom is 0.269 e. The van der Waals surface area contributed by atoms with E-state index in [1.165, 1.54) is 12.8 Å². The van der Waals surface area contributed by atoms with Crippen LogP contribution in [0.3, 0.4) is 0 Å². The number of fused-ring (bicyclic) bond motifs is 1. The van der Waals surface area contributed by atoms with E-state index in [-0.39, 0.29) is 5.91 Å². The highest BCUT2D eigenvalue weighted by atomic mass is 32.1. The predicted molar refractivity (Wildman–Crippen MR) is 86.0 cm³/mol. The van der Waals surface area contributed by atoms with E-state index in [1.807, 2.05) is 0 Å². The summed E-state index contributed by atoms with van der Waals surface area (Å²) >= 11 is 5.17. The highest BCUT2D eigenvalue weighted by Crippen LogP contribution is 2.30. The SMILES string of the molecule is O=C(NNC(=S)NC1CCCC1)c1ccc2c(c1)OCCO2. The van der Waals surface area contributed by atoms with Gasteiger partial charge in [0.25, 0.3) is 5.91 Å². The van der Waals surface area contributed by atoms with Gasteiger partial charge in [0, 0.05) is 11.6 Å². The van der Waals surface area contributed by atoms with Crippen LogP contribution in [-0.4, -0.2) is 30.3 Å². The molecule has 3 rings (SSSR count). The van der Waals surface area contributed by atoms with Crippen LogP contribution in [0, 0.1) is 0 Å². The quantitative estimate of drug-likeness (QED) is 0.566. The molecule has 6 nitrogen and oxygen atoms in total. The molecule has 1 saturated carbocycles. The summed E-state index contributed by atoms with van der Waals surface area (Å²) < 4.78 is 10.9. The summed E-state index contributed by atoms with van der Waals surface area (Å²) in [7, 11) is 0. The number of amides is 1. The van der Waals surface area contributed by atoms with Gasteiger partial charge in [-0.2, -0.15) is 0 Å². The molecule has 0 radical (unpaired) electrons. The van der Waals surface area contributed by atoms with Crippen LogP contribution < -0.4 is 25.6 Å². The van der Waals surface area contributed by atoms with Crippen molar-refractivity contribution in [1.29, 1.82) is 0 Å². The van der Waals surface area contributed by atoms with E-state index < -0.39 is 0 Å². The molecule has 3 N–H and O–H groups in total. The Morgan fingerprint density at radius 3 is 2.59 bits per heavy atom. The number of hydrogen-bond acceptors (Lipinski definition) is 4. The lowest BCUT2D eigenvalue weighted by Crippen LogP contribution is -2.49. The van der Waals surface area contributed by atoms with Crippen molar-refractivity contribution in [3.8, 4) is 11.5 Å². The van der Waals surface area contributed by atoms with Crippen LogP contribution in [0.2, 0.25) is 0 Å². The van der Waals surface area contributed by atoms with E-state index in [0.717, 1.165) is 12.8 Å². The molecule has 0 bridgehead atoms. The zero-order valence-corrected chi connectivity index (χ0v) is 13.0. The second-order valence-electron chi connectivity index (χ2n) is 5.39. The molecule has 2 aliphatic rings. The number of rotatable bonds is 2. The first kappa shape index (κ1) is 14.9. The molecular weight excluding hydrogens is 302 g/mol. The van der Waals surface area contributed by atoms with Gasteiger partial charge in [-0.1, -0.05) is 12.8 Å². The minimum absolute atomic E-state index is 0.271. The molecule has 1 aliphatic carbocycles. The fourth-order valence-corrected chi connectivity index (χ4v) is 2.88. The zero-order chi connectivity index (χ0) is 15.4. The first-order chi connectivity index (χ1) is 10.7. The van der Waals surface area contributed by atoms with Gasteiger partial charge >= 0.3 is 0 Å². The van der Waals surface area contributed by atoms with Crippen molar-refractivity contribution < 1.29 is 14.3 Å². The van der Waals surface area contributed by atoms with Crippen molar-refractivity contribution in [2.24, 2.45) is 0 Å². The van der Waals surface area contributed by atoms with Crippen LogP contribution in [0.25, 0.3) is 0 Å². The van der Waals surface area contributed by atoms with Gasteiger partial charge in [0.15, 0.2) is 16.6 Å². The zero-order valence-electron chi connectivity index (χ0n) is 12.2. The fourth-order valence-electron chi connectivity index (χ4n) is 2.66. The fraction of sp³-hybridized carbons (Fsp3) is 0.467. The van der Waals surface area contributed by atoms with Crippen molar-refractivity contribution in [2.45, 2.75) is 31.7 Å². The highest BCUT2D eigenvalue weighted by molar-refractivity contribution is 7.80. The Morgan fingerprint density at radius 2 is 1.82 bits per heavy atom.